The lowest BCUT2D eigenvalue weighted by molar-refractivity contribution is -0.121. The van der Waals surface area contributed by atoms with Crippen LogP contribution in [0.4, 0.5) is 4.39 Å². The molecule has 0 spiro atoms. The van der Waals surface area contributed by atoms with Crippen molar-refractivity contribution in [3.63, 3.8) is 0 Å². The summed E-state index contributed by atoms with van der Waals surface area (Å²) < 4.78 is 13.0. The molecule has 6 heteroatoms. The molecule has 2 rings (SSSR count). The van der Waals surface area contributed by atoms with Gasteiger partial charge in [-0.2, -0.15) is 0 Å². The highest BCUT2D eigenvalue weighted by Gasteiger charge is 2.15. The van der Waals surface area contributed by atoms with Crippen LogP contribution >= 0.6 is 24.0 Å². The van der Waals surface area contributed by atoms with Crippen LogP contribution in [0, 0.1) is 5.82 Å². The molecule has 112 valence electrons. The Morgan fingerprint density at radius 1 is 1.50 bits per heavy atom. The molecule has 1 saturated heterocycles. The van der Waals surface area contributed by atoms with Crippen molar-refractivity contribution in [2.45, 2.75) is 38.3 Å². The van der Waals surface area contributed by atoms with E-state index in [9.17, 15) is 9.18 Å². The van der Waals surface area contributed by atoms with Gasteiger partial charge in [0.2, 0.25) is 5.91 Å². The fraction of sp³-hybridized carbons (Fsp3) is 0.500. The number of amides is 1. The minimum Gasteiger partial charge on any atom is -0.352 e. The van der Waals surface area contributed by atoms with E-state index in [1.54, 1.807) is 6.07 Å². The SMILES string of the molecule is Cl.O=C(CCC1CCCN1)NCc1ccc(F)c(Cl)c1. The van der Waals surface area contributed by atoms with Gasteiger partial charge in [0.15, 0.2) is 0 Å². The van der Waals surface area contributed by atoms with Gasteiger partial charge < -0.3 is 10.6 Å². The summed E-state index contributed by atoms with van der Waals surface area (Å²) in [5.74, 6) is -0.418. The summed E-state index contributed by atoms with van der Waals surface area (Å²) >= 11 is 5.68. The zero-order valence-corrected chi connectivity index (χ0v) is 12.7. The summed E-state index contributed by atoms with van der Waals surface area (Å²) in [5, 5.41) is 6.27. The van der Waals surface area contributed by atoms with Gasteiger partial charge in [0.1, 0.15) is 5.82 Å². The Labute approximate surface area is 129 Å². The summed E-state index contributed by atoms with van der Waals surface area (Å²) in [5.41, 5.74) is 0.804. The van der Waals surface area contributed by atoms with Crippen molar-refractivity contribution in [1.29, 1.82) is 0 Å². The summed E-state index contributed by atoms with van der Waals surface area (Å²) in [7, 11) is 0. The van der Waals surface area contributed by atoms with Gasteiger partial charge in [-0.15, -0.1) is 12.4 Å². The first-order chi connectivity index (χ1) is 9.15. The predicted molar refractivity (Wildman–Crippen MR) is 80.8 cm³/mol. The van der Waals surface area contributed by atoms with Crippen molar-refractivity contribution in [2.75, 3.05) is 6.54 Å². The lowest BCUT2D eigenvalue weighted by Gasteiger charge is -2.10. The molecule has 0 radical (unpaired) electrons. The summed E-state index contributed by atoms with van der Waals surface area (Å²) in [6.45, 7) is 1.44. The Bertz CT molecular complexity index is 451. The second-order valence-corrected chi connectivity index (χ2v) is 5.26. The molecular formula is C14H19Cl2FN2O. The first-order valence-electron chi connectivity index (χ1n) is 6.59. The van der Waals surface area contributed by atoms with E-state index in [4.69, 9.17) is 11.6 Å². The summed E-state index contributed by atoms with van der Waals surface area (Å²) in [4.78, 5) is 11.7. The van der Waals surface area contributed by atoms with E-state index in [-0.39, 0.29) is 23.3 Å². The molecule has 2 N–H and O–H groups in total. The molecule has 3 nitrogen and oxygen atoms in total. The highest BCUT2D eigenvalue weighted by atomic mass is 35.5. The Kier molecular flexibility index (Phi) is 7.27. The molecule has 0 bridgehead atoms. The Morgan fingerprint density at radius 2 is 2.30 bits per heavy atom. The molecular weight excluding hydrogens is 302 g/mol. The molecule has 1 heterocycles. The zero-order valence-electron chi connectivity index (χ0n) is 11.1. The molecule has 0 aromatic heterocycles. The molecule has 1 unspecified atom stereocenters. The fourth-order valence-electron chi connectivity index (χ4n) is 2.25. The minimum atomic E-state index is -0.441. The van der Waals surface area contributed by atoms with Gasteiger partial charge in [0, 0.05) is 19.0 Å². The molecule has 1 aromatic carbocycles. The van der Waals surface area contributed by atoms with Gasteiger partial charge in [0.05, 0.1) is 5.02 Å². The van der Waals surface area contributed by atoms with Crippen LogP contribution in [0.25, 0.3) is 0 Å². The standard InChI is InChI=1S/C14H18ClFN2O.ClH/c15-12-8-10(3-5-13(12)16)9-18-14(19)6-4-11-2-1-7-17-11;/h3,5,8,11,17H,1-2,4,6-7,9H2,(H,18,19);1H. The van der Waals surface area contributed by atoms with Crippen LogP contribution in [-0.2, 0) is 11.3 Å². The summed E-state index contributed by atoms with van der Waals surface area (Å²) in [6.07, 6.45) is 3.74. The number of carbonyl (C=O) groups excluding carboxylic acids is 1. The maximum absolute atomic E-state index is 13.0. The van der Waals surface area contributed by atoms with Gasteiger partial charge in [0.25, 0.3) is 0 Å². The molecule has 1 aliphatic rings. The molecule has 1 aliphatic heterocycles. The van der Waals surface area contributed by atoms with Crippen molar-refractivity contribution < 1.29 is 9.18 Å². The Morgan fingerprint density at radius 3 is 2.95 bits per heavy atom. The van der Waals surface area contributed by atoms with E-state index in [1.807, 2.05) is 0 Å². The molecule has 1 fully saturated rings. The Hall–Kier alpha value is -0.840. The molecule has 1 amide bonds. The molecule has 1 aromatic rings. The number of rotatable bonds is 5. The molecule has 0 aliphatic carbocycles. The van der Waals surface area contributed by atoms with Crippen LogP contribution in [0.3, 0.4) is 0 Å². The van der Waals surface area contributed by atoms with E-state index in [0.29, 0.717) is 19.0 Å². The smallest absolute Gasteiger partial charge is 0.220 e. The van der Waals surface area contributed by atoms with E-state index in [0.717, 1.165) is 24.9 Å². The lowest BCUT2D eigenvalue weighted by atomic mass is 10.1. The summed E-state index contributed by atoms with van der Waals surface area (Å²) in [6, 6.07) is 4.95. The third kappa shape index (κ3) is 5.27. The first-order valence-corrected chi connectivity index (χ1v) is 6.97. The van der Waals surface area contributed by atoms with Crippen molar-refractivity contribution in [3.8, 4) is 0 Å². The van der Waals surface area contributed by atoms with E-state index in [2.05, 4.69) is 10.6 Å². The fourth-order valence-corrected chi connectivity index (χ4v) is 2.45. The number of benzene rings is 1. The van der Waals surface area contributed by atoms with Gasteiger partial charge in [-0.3, -0.25) is 4.79 Å². The molecule has 1 atom stereocenters. The van der Waals surface area contributed by atoms with Crippen LogP contribution < -0.4 is 10.6 Å². The van der Waals surface area contributed by atoms with E-state index >= 15 is 0 Å². The van der Waals surface area contributed by atoms with Gasteiger partial charge >= 0.3 is 0 Å². The average molecular weight is 321 g/mol. The maximum atomic E-state index is 13.0. The predicted octanol–water partition coefficient (Wildman–Crippen LogP) is 3.05. The number of nitrogens with one attached hydrogen (secondary N) is 2. The second kappa shape index (κ2) is 8.45. The zero-order chi connectivity index (χ0) is 13.7. The number of hydrogen-bond donors (Lipinski definition) is 2. The van der Waals surface area contributed by atoms with Crippen LogP contribution in [-0.4, -0.2) is 18.5 Å². The molecule has 0 saturated carbocycles. The van der Waals surface area contributed by atoms with Crippen molar-refractivity contribution in [3.05, 3.63) is 34.6 Å². The van der Waals surface area contributed by atoms with Crippen LogP contribution in [0.5, 0.6) is 0 Å². The average Bonchev–Trinajstić information content (AvgIpc) is 2.91. The monoisotopic (exact) mass is 320 g/mol. The lowest BCUT2D eigenvalue weighted by Crippen LogP contribution is -2.27. The maximum Gasteiger partial charge on any atom is 0.220 e. The van der Waals surface area contributed by atoms with Crippen molar-refractivity contribution >= 4 is 29.9 Å². The van der Waals surface area contributed by atoms with E-state index in [1.165, 1.54) is 18.6 Å². The van der Waals surface area contributed by atoms with Crippen LogP contribution in [0.1, 0.15) is 31.2 Å². The van der Waals surface area contributed by atoms with Gasteiger partial charge in [-0.05, 0) is 43.5 Å². The largest absolute Gasteiger partial charge is 0.352 e. The van der Waals surface area contributed by atoms with Crippen LogP contribution in [0.2, 0.25) is 5.02 Å². The van der Waals surface area contributed by atoms with Gasteiger partial charge in [-0.1, -0.05) is 17.7 Å². The highest BCUT2D eigenvalue weighted by Crippen LogP contribution is 2.16. The van der Waals surface area contributed by atoms with Crippen molar-refractivity contribution in [1.82, 2.24) is 10.6 Å². The Balaban J connectivity index is 0.00000200. The third-order valence-electron chi connectivity index (χ3n) is 3.36. The highest BCUT2D eigenvalue weighted by molar-refractivity contribution is 6.30. The van der Waals surface area contributed by atoms with Crippen LogP contribution in [0.15, 0.2) is 18.2 Å². The second-order valence-electron chi connectivity index (χ2n) is 4.86. The number of hydrogen-bond acceptors (Lipinski definition) is 2. The number of carbonyl (C=O) groups is 1. The quantitative estimate of drug-likeness (QED) is 0.875. The first kappa shape index (κ1) is 17.2. The third-order valence-corrected chi connectivity index (χ3v) is 3.65. The minimum absolute atomic E-state index is 0. The molecule has 20 heavy (non-hydrogen) atoms. The van der Waals surface area contributed by atoms with Gasteiger partial charge in [-0.25, -0.2) is 4.39 Å². The van der Waals surface area contributed by atoms with Crippen molar-refractivity contribution in [2.24, 2.45) is 0 Å². The van der Waals surface area contributed by atoms with E-state index < -0.39 is 5.82 Å². The number of halogens is 3. The topological polar surface area (TPSA) is 41.1 Å². The normalized spacial score (nSPS) is 17.6.